The van der Waals surface area contributed by atoms with Gasteiger partial charge in [-0.15, -0.1) is 0 Å². The number of aromatic nitrogens is 1. The highest BCUT2D eigenvalue weighted by Gasteiger charge is 2.16. The number of aryl methyl sites for hydroxylation is 1. The highest BCUT2D eigenvalue weighted by Crippen LogP contribution is 2.20. The highest BCUT2D eigenvalue weighted by atomic mass is 16.5. The van der Waals surface area contributed by atoms with E-state index in [1.807, 2.05) is 25.1 Å². The average Bonchev–Trinajstić information content (AvgIpc) is 2.79. The van der Waals surface area contributed by atoms with Gasteiger partial charge in [0.2, 0.25) is 5.91 Å². The maximum atomic E-state index is 12.0. The van der Waals surface area contributed by atoms with Gasteiger partial charge in [-0.1, -0.05) is 0 Å². The van der Waals surface area contributed by atoms with E-state index in [1.165, 1.54) is 0 Å². The van der Waals surface area contributed by atoms with Crippen molar-refractivity contribution in [3.05, 3.63) is 30.0 Å². The fraction of sp³-hybridized carbons (Fsp3) is 0.400. The number of hydrogen-bond donors (Lipinski definition) is 3. The third-order valence-corrected chi connectivity index (χ3v) is 3.47. The van der Waals surface area contributed by atoms with Crippen LogP contribution >= 0.6 is 0 Å². The molecule has 2 heterocycles. The Morgan fingerprint density at radius 2 is 2.35 bits per heavy atom. The predicted molar refractivity (Wildman–Crippen MR) is 78.9 cm³/mol. The van der Waals surface area contributed by atoms with Crippen molar-refractivity contribution in [2.75, 3.05) is 25.1 Å². The number of morpholine rings is 1. The van der Waals surface area contributed by atoms with E-state index in [0.29, 0.717) is 13.0 Å². The summed E-state index contributed by atoms with van der Waals surface area (Å²) in [6, 6.07) is 8.08. The minimum absolute atomic E-state index is 0.0135. The monoisotopic (exact) mass is 273 g/mol. The van der Waals surface area contributed by atoms with Gasteiger partial charge in [-0.3, -0.25) is 4.79 Å². The third kappa shape index (κ3) is 3.00. The fourth-order valence-corrected chi connectivity index (χ4v) is 2.54. The van der Waals surface area contributed by atoms with Crippen LogP contribution in [0.15, 0.2) is 24.3 Å². The van der Waals surface area contributed by atoms with Gasteiger partial charge in [0.25, 0.3) is 0 Å². The summed E-state index contributed by atoms with van der Waals surface area (Å²) in [6.45, 7) is 4.16. The lowest BCUT2D eigenvalue weighted by atomic mass is 10.1. The standard InChI is InChI=1S/C15H19N3O2/c1-10-6-11-7-12(2-3-14(11)17-10)18-15(19)8-13-9-20-5-4-16-13/h2-3,6-7,13,16-17H,4-5,8-9H2,1H3,(H,18,19). The van der Waals surface area contributed by atoms with E-state index in [-0.39, 0.29) is 11.9 Å². The van der Waals surface area contributed by atoms with E-state index in [2.05, 4.69) is 21.7 Å². The molecule has 1 aliphatic heterocycles. The van der Waals surface area contributed by atoms with Crippen LogP contribution in [0, 0.1) is 6.92 Å². The Balaban J connectivity index is 1.64. The second-order valence-corrected chi connectivity index (χ2v) is 5.23. The Labute approximate surface area is 117 Å². The topological polar surface area (TPSA) is 66.2 Å². The molecule has 1 atom stereocenters. The Morgan fingerprint density at radius 1 is 1.45 bits per heavy atom. The minimum Gasteiger partial charge on any atom is -0.378 e. The van der Waals surface area contributed by atoms with Gasteiger partial charge >= 0.3 is 0 Å². The lowest BCUT2D eigenvalue weighted by Gasteiger charge is -2.23. The summed E-state index contributed by atoms with van der Waals surface area (Å²) in [7, 11) is 0. The molecule has 3 rings (SSSR count). The summed E-state index contributed by atoms with van der Waals surface area (Å²) in [6.07, 6.45) is 0.435. The quantitative estimate of drug-likeness (QED) is 0.799. The van der Waals surface area contributed by atoms with Crippen molar-refractivity contribution in [3.8, 4) is 0 Å². The highest BCUT2D eigenvalue weighted by molar-refractivity contribution is 5.94. The first kappa shape index (κ1) is 13.1. The first-order valence-corrected chi connectivity index (χ1v) is 6.91. The van der Waals surface area contributed by atoms with Gasteiger partial charge < -0.3 is 20.4 Å². The number of carbonyl (C=O) groups excluding carboxylic acids is 1. The molecular weight excluding hydrogens is 254 g/mol. The molecule has 0 spiro atoms. The molecule has 1 aromatic heterocycles. The number of ether oxygens (including phenoxy) is 1. The van der Waals surface area contributed by atoms with Crippen molar-refractivity contribution >= 4 is 22.5 Å². The van der Waals surface area contributed by atoms with Crippen molar-refractivity contribution in [1.82, 2.24) is 10.3 Å². The number of hydrogen-bond acceptors (Lipinski definition) is 3. The fourth-order valence-electron chi connectivity index (χ4n) is 2.54. The molecule has 1 unspecified atom stereocenters. The minimum atomic E-state index is 0.0135. The van der Waals surface area contributed by atoms with E-state index in [0.717, 1.165) is 35.4 Å². The van der Waals surface area contributed by atoms with E-state index in [1.54, 1.807) is 0 Å². The Kier molecular flexibility index (Phi) is 3.71. The van der Waals surface area contributed by atoms with Crippen LogP contribution in [0.5, 0.6) is 0 Å². The normalized spacial score (nSPS) is 19.1. The molecule has 3 N–H and O–H groups in total. The number of aromatic amines is 1. The SMILES string of the molecule is Cc1cc2cc(NC(=O)CC3COCCN3)ccc2[nH]1. The van der Waals surface area contributed by atoms with Gasteiger partial charge in [-0.2, -0.15) is 0 Å². The molecule has 1 aromatic carbocycles. The van der Waals surface area contributed by atoms with Gasteiger partial charge in [0.1, 0.15) is 0 Å². The van der Waals surface area contributed by atoms with Crippen LogP contribution in [-0.4, -0.2) is 36.7 Å². The lowest BCUT2D eigenvalue weighted by molar-refractivity contribution is -0.117. The molecule has 0 radical (unpaired) electrons. The zero-order valence-corrected chi connectivity index (χ0v) is 11.5. The molecule has 5 heteroatoms. The summed E-state index contributed by atoms with van der Waals surface area (Å²) in [4.78, 5) is 15.3. The third-order valence-electron chi connectivity index (χ3n) is 3.47. The molecule has 1 aliphatic rings. The summed E-state index contributed by atoms with van der Waals surface area (Å²) in [5.74, 6) is 0.0135. The second-order valence-electron chi connectivity index (χ2n) is 5.23. The van der Waals surface area contributed by atoms with Crippen molar-refractivity contribution in [2.24, 2.45) is 0 Å². The maximum absolute atomic E-state index is 12.0. The number of H-pyrrole nitrogens is 1. The molecule has 106 valence electrons. The molecule has 0 aliphatic carbocycles. The second kappa shape index (κ2) is 5.64. The van der Waals surface area contributed by atoms with E-state index in [4.69, 9.17) is 4.74 Å². The van der Waals surface area contributed by atoms with Crippen LogP contribution < -0.4 is 10.6 Å². The first-order chi connectivity index (χ1) is 9.70. The zero-order valence-electron chi connectivity index (χ0n) is 11.5. The number of nitrogens with one attached hydrogen (secondary N) is 3. The van der Waals surface area contributed by atoms with Crippen LogP contribution in [0.3, 0.4) is 0 Å². The predicted octanol–water partition coefficient (Wildman–Crippen LogP) is 1.79. The molecule has 1 saturated heterocycles. The molecule has 2 aromatic rings. The van der Waals surface area contributed by atoms with Gasteiger partial charge in [-0.25, -0.2) is 0 Å². The smallest absolute Gasteiger partial charge is 0.226 e. The molecular formula is C15H19N3O2. The lowest BCUT2D eigenvalue weighted by Crippen LogP contribution is -2.43. The Hall–Kier alpha value is -1.85. The Morgan fingerprint density at radius 3 is 3.15 bits per heavy atom. The largest absolute Gasteiger partial charge is 0.378 e. The van der Waals surface area contributed by atoms with Gasteiger partial charge in [0.15, 0.2) is 0 Å². The maximum Gasteiger partial charge on any atom is 0.226 e. The molecule has 5 nitrogen and oxygen atoms in total. The zero-order chi connectivity index (χ0) is 13.9. The molecule has 0 bridgehead atoms. The number of amides is 1. The molecule has 1 fully saturated rings. The van der Waals surface area contributed by atoms with E-state index < -0.39 is 0 Å². The van der Waals surface area contributed by atoms with Crippen LogP contribution in [0.4, 0.5) is 5.69 Å². The van der Waals surface area contributed by atoms with Gasteiger partial charge in [-0.05, 0) is 31.2 Å². The number of anilines is 1. The first-order valence-electron chi connectivity index (χ1n) is 6.91. The number of benzene rings is 1. The summed E-state index contributed by atoms with van der Waals surface area (Å²) in [5, 5.41) is 7.33. The van der Waals surface area contributed by atoms with Crippen LogP contribution in [0.1, 0.15) is 12.1 Å². The number of rotatable bonds is 3. The number of fused-ring (bicyclic) bond motifs is 1. The van der Waals surface area contributed by atoms with Gasteiger partial charge in [0, 0.05) is 41.3 Å². The van der Waals surface area contributed by atoms with Crippen LogP contribution in [0.2, 0.25) is 0 Å². The molecule has 1 amide bonds. The molecule has 20 heavy (non-hydrogen) atoms. The summed E-state index contributed by atoms with van der Waals surface area (Å²) >= 11 is 0. The van der Waals surface area contributed by atoms with Crippen molar-refractivity contribution in [1.29, 1.82) is 0 Å². The summed E-state index contributed by atoms with van der Waals surface area (Å²) < 4.78 is 5.35. The van der Waals surface area contributed by atoms with E-state index >= 15 is 0 Å². The number of carbonyl (C=O) groups is 1. The average molecular weight is 273 g/mol. The van der Waals surface area contributed by atoms with Crippen molar-refractivity contribution in [3.63, 3.8) is 0 Å². The van der Waals surface area contributed by atoms with E-state index in [9.17, 15) is 4.79 Å². The summed E-state index contributed by atoms with van der Waals surface area (Å²) in [5.41, 5.74) is 3.04. The van der Waals surface area contributed by atoms with Crippen molar-refractivity contribution < 1.29 is 9.53 Å². The van der Waals surface area contributed by atoms with Crippen LogP contribution in [0.25, 0.3) is 10.9 Å². The Bertz CT molecular complexity index is 615. The van der Waals surface area contributed by atoms with Gasteiger partial charge in [0.05, 0.1) is 13.2 Å². The van der Waals surface area contributed by atoms with Crippen molar-refractivity contribution in [2.45, 2.75) is 19.4 Å². The molecule has 0 saturated carbocycles. The van der Waals surface area contributed by atoms with Crippen LogP contribution in [-0.2, 0) is 9.53 Å².